The minimum absolute atomic E-state index is 0.0614. The Bertz CT molecular complexity index is 1680. The summed E-state index contributed by atoms with van der Waals surface area (Å²) in [4.78, 5) is 0. The zero-order valence-electron chi connectivity index (χ0n) is 25.3. The summed E-state index contributed by atoms with van der Waals surface area (Å²) in [5.41, 5.74) is 5.23. The molecular formula is C36H38O9. The first kappa shape index (κ1) is 30.6. The van der Waals surface area contributed by atoms with Crippen LogP contribution in [-0.4, -0.2) is 59.6 Å². The van der Waals surface area contributed by atoms with Gasteiger partial charge in [0.1, 0.15) is 34.5 Å². The number of hydrogen-bond donors (Lipinski definition) is 5. The van der Waals surface area contributed by atoms with Crippen LogP contribution in [0.2, 0.25) is 0 Å². The van der Waals surface area contributed by atoms with Gasteiger partial charge in [-0.1, -0.05) is 18.2 Å². The van der Waals surface area contributed by atoms with Crippen LogP contribution in [0.5, 0.6) is 34.5 Å². The van der Waals surface area contributed by atoms with Crippen molar-refractivity contribution in [3.8, 4) is 45.6 Å². The van der Waals surface area contributed by atoms with Crippen LogP contribution in [0.15, 0.2) is 66.7 Å². The Hall–Kier alpha value is -4.44. The van der Waals surface area contributed by atoms with E-state index in [2.05, 4.69) is 0 Å². The third kappa shape index (κ3) is 5.99. The fraction of sp³-hybridized carbons (Fsp3) is 0.333. The average molecular weight is 615 g/mol. The molecule has 0 radical (unpaired) electrons. The molecule has 0 spiro atoms. The Morgan fingerprint density at radius 3 is 2.24 bits per heavy atom. The normalized spacial score (nSPS) is 20.4. The van der Waals surface area contributed by atoms with Crippen molar-refractivity contribution in [1.29, 1.82) is 0 Å². The van der Waals surface area contributed by atoms with E-state index in [9.17, 15) is 25.5 Å². The van der Waals surface area contributed by atoms with Gasteiger partial charge in [-0.2, -0.15) is 0 Å². The molecule has 0 aromatic heterocycles. The van der Waals surface area contributed by atoms with Gasteiger partial charge in [0, 0.05) is 41.6 Å². The molecule has 9 heteroatoms. The Morgan fingerprint density at radius 2 is 1.51 bits per heavy atom. The first-order chi connectivity index (χ1) is 21.8. The van der Waals surface area contributed by atoms with Gasteiger partial charge in [-0.15, -0.1) is 0 Å². The third-order valence-corrected chi connectivity index (χ3v) is 8.90. The molecule has 45 heavy (non-hydrogen) atoms. The summed E-state index contributed by atoms with van der Waals surface area (Å²) in [7, 11) is 3.13. The number of aryl methyl sites for hydroxylation is 1. The van der Waals surface area contributed by atoms with Crippen LogP contribution in [0.25, 0.3) is 11.1 Å². The van der Waals surface area contributed by atoms with Crippen LogP contribution in [-0.2, 0) is 12.8 Å². The number of phenols is 2. The molecule has 0 saturated carbocycles. The molecule has 5 N–H and O–H groups in total. The highest BCUT2D eigenvalue weighted by Crippen LogP contribution is 2.49. The SMILES string of the molecule is COc1cc(Cc2cc(O)ccc2-c2cccc(O)c2)c2c(c1)[C@@H](O)[C@@H]([C@@H]1COc3cc(CCCO)c(OC)cc3[C@@H]1O)CO2. The molecule has 4 aromatic rings. The molecule has 4 atom stereocenters. The van der Waals surface area contributed by atoms with Crippen LogP contribution in [0.3, 0.4) is 0 Å². The van der Waals surface area contributed by atoms with Gasteiger partial charge in [0.2, 0.25) is 0 Å². The molecule has 0 fully saturated rings. The lowest BCUT2D eigenvalue weighted by atomic mass is 9.76. The largest absolute Gasteiger partial charge is 0.508 e. The first-order valence-electron chi connectivity index (χ1n) is 15.1. The molecule has 0 bridgehead atoms. The molecule has 0 saturated heterocycles. The lowest BCUT2D eigenvalue weighted by molar-refractivity contribution is -0.0554. The zero-order valence-corrected chi connectivity index (χ0v) is 25.3. The smallest absolute Gasteiger partial charge is 0.128 e. The number of aliphatic hydroxyl groups excluding tert-OH is 3. The van der Waals surface area contributed by atoms with E-state index in [4.69, 9.17) is 18.9 Å². The number of aliphatic hydroxyl groups is 3. The summed E-state index contributed by atoms with van der Waals surface area (Å²) in [5.74, 6) is 1.55. The average Bonchev–Trinajstić information content (AvgIpc) is 3.04. The number of hydrogen-bond acceptors (Lipinski definition) is 9. The van der Waals surface area contributed by atoms with Gasteiger partial charge in [-0.3, -0.25) is 0 Å². The fourth-order valence-corrected chi connectivity index (χ4v) is 6.57. The van der Waals surface area contributed by atoms with Gasteiger partial charge in [0.25, 0.3) is 0 Å². The highest BCUT2D eigenvalue weighted by molar-refractivity contribution is 5.70. The molecule has 2 aliphatic heterocycles. The number of phenolic OH excluding ortho intramolecular Hbond substituents is 2. The topological polar surface area (TPSA) is 138 Å². The van der Waals surface area contributed by atoms with E-state index in [-0.39, 0.29) is 31.3 Å². The lowest BCUT2D eigenvalue weighted by Gasteiger charge is -2.40. The molecule has 0 amide bonds. The number of methoxy groups -OCH3 is 2. The summed E-state index contributed by atoms with van der Waals surface area (Å²) in [6.45, 7) is 0.402. The Balaban J connectivity index is 1.31. The highest BCUT2D eigenvalue weighted by Gasteiger charge is 2.43. The zero-order chi connectivity index (χ0) is 31.7. The van der Waals surface area contributed by atoms with Gasteiger partial charge < -0.3 is 44.5 Å². The van der Waals surface area contributed by atoms with Gasteiger partial charge in [0.05, 0.1) is 39.6 Å². The lowest BCUT2D eigenvalue weighted by Crippen LogP contribution is -2.40. The van der Waals surface area contributed by atoms with Crippen LogP contribution in [0, 0.1) is 11.8 Å². The summed E-state index contributed by atoms with van der Waals surface area (Å²) in [6, 6.07) is 19.3. The number of ether oxygens (including phenoxy) is 4. The van der Waals surface area contributed by atoms with E-state index >= 15 is 0 Å². The minimum atomic E-state index is -0.979. The van der Waals surface area contributed by atoms with E-state index in [1.54, 1.807) is 56.7 Å². The molecule has 2 aliphatic rings. The van der Waals surface area contributed by atoms with Crippen LogP contribution < -0.4 is 18.9 Å². The van der Waals surface area contributed by atoms with Gasteiger partial charge in [-0.25, -0.2) is 0 Å². The summed E-state index contributed by atoms with van der Waals surface area (Å²) in [5, 5.41) is 53.1. The Kier molecular flexibility index (Phi) is 8.76. The van der Waals surface area contributed by atoms with E-state index < -0.39 is 24.0 Å². The predicted octanol–water partition coefficient (Wildman–Crippen LogP) is 5.08. The molecule has 2 heterocycles. The molecule has 0 unspecified atom stereocenters. The van der Waals surface area contributed by atoms with E-state index in [1.165, 1.54) is 0 Å². The van der Waals surface area contributed by atoms with Gasteiger partial charge in [-0.05, 0) is 83.6 Å². The molecule has 4 aromatic carbocycles. The third-order valence-electron chi connectivity index (χ3n) is 8.90. The maximum Gasteiger partial charge on any atom is 0.128 e. The van der Waals surface area contributed by atoms with Crippen LogP contribution >= 0.6 is 0 Å². The fourth-order valence-electron chi connectivity index (χ4n) is 6.57. The van der Waals surface area contributed by atoms with E-state index in [1.807, 2.05) is 24.3 Å². The number of fused-ring (bicyclic) bond motifs is 2. The quantitative estimate of drug-likeness (QED) is 0.175. The number of benzene rings is 4. The van der Waals surface area contributed by atoms with Crippen molar-refractivity contribution in [3.63, 3.8) is 0 Å². The van der Waals surface area contributed by atoms with Crippen LogP contribution in [0.1, 0.15) is 46.4 Å². The van der Waals surface area contributed by atoms with Crippen molar-refractivity contribution in [2.45, 2.75) is 31.5 Å². The highest BCUT2D eigenvalue weighted by atomic mass is 16.5. The monoisotopic (exact) mass is 614 g/mol. The number of rotatable bonds is 9. The molecule has 6 rings (SSSR count). The van der Waals surface area contributed by atoms with Crippen molar-refractivity contribution in [2.24, 2.45) is 11.8 Å². The van der Waals surface area contributed by atoms with Crippen molar-refractivity contribution >= 4 is 0 Å². The van der Waals surface area contributed by atoms with Gasteiger partial charge >= 0.3 is 0 Å². The van der Waals surface area contributed by atoms with Crippen molar-refractivity contribution < 1.29 is 44.5 Å². The standard InChI is InChI=1S/C36H38O9/c1-42-26-14-23(11-22-13-25(39)8-9-27(22)20-5-3-7-24(38)12-20)36-29(16-26)35(41)31(19-45-36)30-18-44-33-15-21(6-4-10-37)32(43-2)17-28(33)34(30)40/h3,5,7-9,12-17,30-31,34-35,37-41H,4,6,10-11,18-19H2,1-2H3/t30-,31+,34-,35+/m0/s1. The van der Waals surface area contributed by atoms with Crippen molar-refractivity contribution in [3.05, 3.63) is 94.5 Å². The second-order valence-electron chi connectivity index (χ2n) is 11.6. The maximum atomic E-state index is 11.8. The van der Waals surface area contributed by atoms with Crippen molar-refractivity contribution in [1.82, 2.24) is 0 Å². The summed E-state index contributed by atoms with van der Waals surface area (Å²) in [6.07, 6.45) is -0.352. The molecule has 9 nitrogen and oxygen atoms in total. The first-order valence-corrected chi connectivity index (χ1v) is 15.1. The maximum absolute atomic E-state index is 11.8. The summed E-state index contributed by atoms with van der Waals surface area (Å²) >= 11 is 0. The Morgan fingerprint density at radius 1 is 0.756 bits per heavy atom. The van der Waals surface area contributed by atoms with E-state index in [0.29, 0.717) is 53.4 Å². The Labute approximate surface area is 261 Å². The van der Waals surface area contributed by atoms with Gasteiger partial charge in [0.15, 0.2) is 0 Å². The summed E-state index contributed by atoms with van der Waals surface area (Å²) < 4.78 is 23.7. The predicted molar refractivity (Wildman–Crippen MR) is 167 cm³/mol. The molecule has 0 aliphatic carbocycles. The number of aromatic hydroxyl groups is 2. The van der Waals surface area contributed by atoms with E-state index in [0.717, 1.165) is 27.8 Å². The molecular weight excluding hydrogens is 576 g/mol. The second kappa shape index (κ2) is 12.9. The molecule has 236 valence electrons. The minimum Gasteiger partial charge on any atom is -0.508 e. The second-order valence-corrected chi connectivity index (χ2v) is 11.6. The van der Waals surface area contributed by atoms with Crippen LogP contribution in [0.4, 0.5) is 0 Å². The van der Waals surface area contributed by atoms with Crippen molar-refractivity contribution in [2.75, 3.05) is 34.0 Å².